The maximum atomic E-state index is 11.6. The number of hydrogen-bond donors (Lipinski definition) is 1. The van der Waals surface area contributed by atoms with Gasteiger partial charge in [0.1, 0.15) is 0 Å². The lowest BCUT2D eigenvalue weighted by Gasteiger charge is -2.15. The van der Waals surface area contributed by atoms with Crippen molar-refractivity contribution in [2.24, 2.45) is 11.7 Å². The third-order valence-electron chi connectivity index (χ3n) is 2.11. The molecule has 0 amide bonds. The smallest absolute Gasteiger partial charge is 0.152 e. The molecule has 0 aliphatic carbocycles. The lowest BCUT2D eigenvalue weighted by atomic mass is 10.2. The van der Waals surface area contributed by atoms with Crippen molar-refractivity contribution in [3.8, 4) is 0 Å². The van der Waals surface area contributed by atoms with E-state index in [0.29, 0.717) is 18.9 Å². The molecule has 0 saturated heterocycles. The highest BCUT2D eigenvalue weighted by atomic mass is 32.2. The average molecular weight is 237 g/mol. The first-order valence-corrected chi connectivity index (χ1v) is 7.25. The Morgan fingerprint density at radius 3 is 2.33 bits per heavy atom. The van der Waals surface area contributed by atoms with Gasteiger partial charge in [-0.25, -0.2) is 8.42 Å². The van der Waals surface area contributed by atoms with E-state index in [4.69, 9.17) is 10.5 Å². The van der Waals surface area contributed by atoms with Crippen molar-refractivity contribution >= 4 is 9.84 Å². The van der Waals surface area contributed by atoms with Crippen LogP contribution in [0.3, 0.4) is 0 Å². The van der Waals surface area contributed by atoms with Gasteiger partial charge in [0.25, 0.3) is 0 Å². The van der Waals surface area contributed by atoms with E-state index in [1.165, 1.54) is 0 Å². The maximum absolute atomic E-state index is 11.6. The highest BCUT2D eigenvalue weighted by Gasteiger charge is 2.18. The molecule has 0 aromatic carbocycles. The molecule has 0 bridgehead atoms. The Balaban J connectivity index is 4.10. The summed E-state index contributed by atoms with van der Waals surface area (Å²) in [7, 11) is -3.02. The average Bonchev–Trinajstić information content (AvgIpc) is 2.14. The number of rotatable bonds is 8. The van der Waals surface area contributed by atoms with Crippen LogP contribution >= 0.6 is 0 Å². The van der Waals surface area contributed by atoms with Crippen LogP contribution in [0.4, 0.5) is 0 Å². The van der Waals surface area contributed by atoms with Crippen LogP contribution in [0.25, 0.3) is 0 Å². The van der Waals surface area contributed by atoms with Crippen molar-refractivity contribution in [3.63, 3.8) is 0 Å². The SMILES string of the molecule is CCOC(CN)CS(=O)(=O)CCC(C)C. The summed E-state index contributed by atoms with van der Waals surface area (Å²) in [5.74, 6) is 0.682. The van der Waals surface area contributed by atoms with Gasteiger partial charge in [-0.15, -0.1) is 0 Å². The first-order valence-electron chi connectivity index (χ1n) is 5.43. The zero-order valence-electron chi connectivity index (χ0n) is 9.90. The molecule has 1 atom stereocenters. The molecule has 15 heavy (non-hydrogen) atoms. The minimum atomic E-state index is -3.02. The zero-order valence-corrected chi connectivity index (χ0v) is 10.7. The van der Waals surface area contributed by atoms with Gasteiger partial charge < -0.3 is 10.5 Å². The summed E-state index contributed by atoms with van der Waals surface area (Å²) in [4.78, 5) is 0. The van der Waals surface area contributed by atoms with Gasteiger partial charge in [-0.3, -0.25) is 0 Å². The lowest BCUT2D eigenvalue weighted by Crippen LogP contribution is -2.32. The largest absolute Gasteiger partial charge is 0.376 e. The van der Waals surface area contributed by atoms with Crippen LogP contribution in [0.1, 0.15) is 27.2 Å². The highest BCUT2D eigenvalue weighted by molar-refractivity contribution is 7.91. The summed E-state index contributed by atoms with van der Waals surface area (Å²) in [6.07, 6.45) is 0.346. The first kappa shape index (κ1) is 14.9. The Morgan fingerprint density at radius 1 is 1.33 bits per heavy atom. The van der Waals surface area contributed by atoms with Crippen molar-refractivity contribution in [1.29, 1.82) is 0 Å². The van der Waals surface area contributed by atoms with Crippen molar-refractivity contribution in [2.75, 3.05) is 24.7 Å². The second kappa shape index (κ2) is 7.19. The van der Waals surface area contributed by atoms with Crippen molar-refractivity contribution in [2.45, 2.75) is 33.3 Å². The molecule has 92 valence electrons. The number of ether oxygens (including phenoxy) is 1. The number of nitrogens with two attached hydrogens (primary N) is 1. The highest BCUT2D eigenvalue weighted by Crippen LogP contribution is 2.06. The van der Waals surface area contributed by atoms with Crippen molar-refractivity contribution in [1.82, 2.24) is 0 Å². The van der Waals surface area contributed by atoms with Gasteiger partial charge in [-0.2, -0.15) is 0 Å². The zero-order chi connectivity index (χ0) is 11.9. The Bertz CT molecular complexity index is 249. The Kier molecular flexibility index (Phi) is 7.13. The molecule has 0 spiro atoms. The van der Waals surface area contributed by atoms with Crippen LogP contribution in [0.5, 0.6) is 0 Å². The fraction of sp³-hybridized carbons (Fsp3) is 1.00. The molecule has 5 heteroatoms. The van der Waals surface area contributed by atoms with Crippen LogP contribution in [-0.2, 0) is 14.6 Å². The van der Waals surface area contributed by atoms with E-state index < -0.39 is 9.84 Å². The van der Waals surface area contributed by atoms with Crippen LogP contribution in [0, 0.1) is 5.92 Å². The Labute approximate surface area is 93.1 Å². The van der Waals surface area contributed by atoms with E-state index in [2.05, 4.69) is 0 Å². The molecule has 0 fully saturated rings. The summed E-state index contributed by atoms with van der Waals surface area (Å²) in [5.41, 5.74) is 5.43. The molecule has 4 nitrogen and oxygen atoms in total. The van der Waals surface area contributed by atoms with Gasteiger partial charge in [-0.05, 0) is 19.3 Å². The Hall–Kier alpha value is -0.130. The van der Waals surface area contributed by atoms with E-state index in [1.54, 1.807) is 0 Å². The van der Waals surface area contributed by atoms with Crippen molar-refractivity contribution < 1.29 is 13.2 Å². The molecule has 0 aromatic heterocycles. The molecule has 0 heterocycles. The second-order valence-electron chi connectivity index (χ2n) is 4.11. The van der Waals surface area contributed by atoms with Gasteiger partial charge >= 0.3 is 0 Å². The fourth-order valence-electron chi connectivity index (χ4n) is 1.20. The van der Waals surface area contributed by atoms with Crippen LogP contribution < -0.4 is 5.73 Å². The monoisotopic (exact) mass is 237 g/mol. The third kappa shape index (κ3) is 7.76. The minimum absolute atomic E-state index is 0.0457. The molecule has 0 radical (unpaired) electrons. The van der Waals surface area contributed by atoms with Crippen LogP contribution in [0.15, 0.2) is 0 Å². The van der Waals surface area contributed by atoms with Gasteiger partial charge in [-0.1, -0.05) is 13.8 Å². The van der Waals surface area contributed by atoms with Gasteiger partial charge in [0.05, 0.1) is 17.6 Å². The molecule has 0 rings (SSSR count). The molecule has 0 saturated carbocycles. The maximum Gasteiger partial charge on any atom is 0.152 e. The fourth-order valence-corrected chi connectivity index (χ4v) is 3.00. The quantitative estimate of drug-likeness (QED) is 0.678. The van der Waals surface area contributed by atoms with E-state index in [-0.39, 0.29) is 24.2 Å². The topological polar surface area (TPSA) is 69.4 Å². The van der Waals surface area contributed by atoms with Crippen LogP contribution in [-0.4, -0.2) is 39.2 Å². The Morgan fingerprint density at radius 2 is 1.93 bits per heavy atom. The normalized spacial score (nSPS) is 14.5. The molecule has 0 aromatic rings. The molecular formula is C10H23NO3S. The minimum Gasteiger partial charge on any atom is -0.376 e. The molecule has 0 aliphatic heterocycles. The summed E-state index contributed by atoms with van der Waals surface area (Å²) in [5, 5.41) is 0. The second-order valence-corrected chi connectivity index (χ2v) is 6.34. The first-order chi connectivity index (χ1) is 6.91. The van der Waals surface area contributed by atoms with Crippen LogP contribution in [0.2, 0.25) is 0 Å². The predicted octanol–water partition coefficient (Wildman–Crippen LogP) is 0.811. The predicted molar refractivity (Wildman–Crippen MR) is 62.6 cm³/mol. The van der Waals surface area contributed by atoms with Gasteiger partial charge in [0.15, 0.2) is 9.84 Å². The molecule has 0 aliphatic rings. The molecule has 1 unspecified atom stereocenters. The lowest BCUT2D eigenvalue weighted by molar-refractivity contribution is 0.0846. The van der Waals surface area contributed by atoms with Gasteiger partial charge in [0, 0.05) is 13.2 Å². The van der Waals surface area contributed by atoms with E-state index in [9.17, 15) is 8.42 Å². The molecule has 2 N–H and O–H groups in total. The van der Waals surface area contributed by atoms with Gasteiger partial charge in [0.2, 0.25) is 0 Å². The van der Waals surface area contributed by atoms with Crippen molar-refractivity contribution in [3.05, 3.63) is 0 Å². The van der Waals surface area contributed by atoms with E-state index in [1.807, 2.05) is 20.8 Å². The number of sulfone groups is 1. The summed E-state index contributed by atoms with van der Waals surface area (Å²) in [6, 6.07) is 0. The van der Waals surface area contributed by atoms with E-state index in [0.717, 1.165) is 0 Å². The summed E-state index contributed by atoms with van der Waals surface area (Å²) in [6.45, 7) is 6.62. The standard InChI is InChI=1S/C10H23NO3S/c1-4-14-10(7-11)8-15(12,13)6-5-9(2)3/h9-10H,4-8,11H2,1-3H3. The van der Waals surface area contributed by atoms with E-state index >= 15 is 0 Å². The molecular weight excluding hydrogens is 214 g/mol. The number of hydrogen-bond acceptors (Lipinski definition) is 4. The summed E-state index contributed by atoms with van der Waals surface area (Å²) < 4.78 is 28.5. The summed E-state index contributed by atoms with van der Waals surface area (Å²) >= 11 is 0. The third-order valence-corrected chi connectivity index (χ3v) is 3.85.